The fourth-order valence-electron chi connectivity index (χ4n) is 3.32. The molecular formula is C22H22N4O3S. The number of carbonyl (C=O) groups excluding carboxylic acids is 1. The Bertz CT molecular complexity index is 1090. The van der Waals surface area contributed by atoms with Crippen LogP contribution in [0.4, 0.5) is 5.69 Å². The summed E-state index contributed by atoms with van der Waals surface area (Å²) >= 11 is 1.46. The summed E-state index contributed by atoms with van der Waals surface area (Å²) in [6.07, 6.45) is 0.755. The van der Waals surface area contributed by atoms with Crippen molar-refractivity contribution >= 4 is 44.6 Å². The third-order valence-electron chi connectivity index (χ3n) is 4.86. The highest BCUT2D eigenvalue weighted by molar-refractivity contribution is 7.19. The van der Waals surface area contributed by atoms with Gasteiger partial charge < -0.3 is 20.1 Å². The highest BCUT2D eigenvalue weighted by Gasteiger charge is 2.31. The van der Waals surface area contributed by atoms with E-state index in [1.165, 1.54) is 11.3 Å². The van der Waals surface area contributed by atoms with Crippen molar-refractivity contribution in [3.63, 3.8) is 0 Å². The van der Waals surface area contributed by atoms with Crippen LogP contribution in [0.1, 0.15) is 21.8 Å². The van der Waals surface area contributed by atoms with Crippen LogP contribution in [-0.4, -0.2) is 48.6 Å². The molecule has 1 amide bonds. The van der Waals surface area contributed by atoms with Crippen LogP contribution in [-0.2, 0) is 4.74 Å². The van der Waals surface area contributed by atoms with Gasteiger partial charge in [-0.1, -0.05) is 12.1 Å². The van der Waals surface area contributed by atoms with Crippen LogP contribution in [0.5, 0.6) is 0 Å². The zero-order chi connectivity index (χ0) is 21.1. The molecule has 0 spiro atoms. The topological polar surface area (TPSA) is 98.5 Å². The van der Waals surface area contributed by atoms with E-state index < -0.39 is 0 Å². The molecule has 1 aliphatic rings. The molecule has 0 atom stereocenters. The lowest BCUT2D eigenvalue weighted by Gasteiger charge is -2.19. The number of para-hydroxylation sites is 1. The van der Waals surface area contributed by atoms with Gasteiger partial charge in [0.05, 0.1) is 22.3 Å². The third-order valence-corrected chi connectivity index (χ3v) is 5.92. The van der Waals surface area contributed by atoms with Gasteiger partial charge in [-0.15, -0.1) is 11.3 Å². The van der Waals surface area contributed by atoms with Gasteiger partial charge in [0, 0.05) is 31.5 Å². The van der Waals surface area contributed by atoms with E-state index in [4.69, 9.17) is 10.1 Å². The van der Waals surface area contributed by atoms with Gasteiger partial charge in [-0.05, 0) is 42.8 Å². The average Bonchev–Trinajstić information content (AvgIpc) is 3.31. The Balaban J connectivity index is 1.48. The normalized spacial score (nSPS) is 14.0. The number of fused-ring (bicyclic) bond motifs is 1. The van der Waals surface area contributed by atoms with E-state index in [-0.39, 0.29) is 24.0 Å². The summed E-state index contributed by atoms with van der Waals surface area (Å²) in [6.45, 7) is 1.35. The summed E-state index contributed by atoms with van der Waals surface area (Å²) in [5, 5.41) is 22.6. The number of hydrogen-bond acceptors (Lipinski definition) is 6. The first-order valence-corrected chi connectivity index (χ1v) is 10.4. The first kappa shape index (κ1) is 20.1. The second-order valence-corrected chi connectivity index (χ2v) is 7.92. The number of carbonyl (C=O) groups is 1. The molecule has 4 rings (SSSR count). The second kappa shape index (κ2) is 8.64. The quantitative estimate of drug-likeness (QED) is 0.503. The van der Waals surface area contributed by atoms with Gasteiger partial charge in [0.1, 0.15) is 16.6 Å². The number of amidine groups is 1. The minimum atomic E-state index is -0.148. The number of anilines is 1. The Kier molecular flexibility index (Phi) is 5.78. The molecule has 154 valence electrons. The van der Waals surface area contributed by atoms with Crippen LogP contribution >= 0.6 is 11.3 Å². The molecule has 1 aromatic heterocycles. The lowest BCUT2D eigenvalue weighted by Crippen LogP contribution is -2.27. The first-order valence-electron chi connectivity index (χ1n) is 9.60. The molecule has 0 saturated carbocycles. The lowest BCUT2D eigenvalue weighted by atomic mass is 10.1. The molecule has 7 nitrogen and oxygen atoms in total. The molecule has 3 N–H and O–H groups in total. The largest absolute Gasteiger partial charge is 0.510 e. The summed E-state index contributed by atoms with van der Waals surface area (Å²) in [7, 11) is 1.63. The monoisotopic (exact) mass is 422 g/mol. The number of amides is 1. The van der Waals surface area contributed by atoms with Crippen molar-refractivity contribution in [3.8, 4) is 0 Å². The van der Waals surface area contributed by atoms with Gasteiger partial charge in [-0.2, -0.15) is 0 Å². The summed E-state index contributed by atoms with van der Waals surface area (Å²) in [4.78, 5) is 18.5. The number of nitrogens with one attached hydrogen (secondary N) is 2. The maximum atomic E-state index is 12.2. The van der Waals surface area contributed by atoms with Gasteiger partial charge in [-0.25, -0.2) is 4.98 Å². The fourth-order valence-corrected chi connectivity index (χ4v) is 4.35. The van der Waals surface area contributed by atoms with E-state index in [2.05, 4.69) is 10.3 Å². The standard InChI is InChI=1S/C22H22N4O3S/c1-29-12-4-11-24-21(28)14-7-9-15(10-8-14)26-13-17(27)19(20(26)23)22-25-16-5-2-3-6-18(16)30-22/h2-3,5-10,23,27H,4,11-13H2,1H3,(H,24,28). The van der Waals surface area contributed by atoms with Crippen LogP contribution in [0.3, 0.4) is 0 Å². The number of aromatic nitrogens is 1. The van der Waals surface area contributed by atoms with Crippen molar-refractivity contribution in [2.45, 2.75) is 6.42 Å². The second-order valence-electron chi connectivity index (χ2n) is 6.89. The SMILES string of the molecule is COCCCNC(=O)c1ccc(N2CC(O)=C(c3nc4ccccc4s3)C2=N)cc1. The van der Waals surface area contributed by atoms with Gasteiger partial charge in [0.15, 0.2) is 0 Å². The van der Waals surface area contributed by atoms with Gasteiger partial charge in [0.2, 0.25) is 0 Å². The molecule has 0 fully saturated rings. The summed E-state index contributed by atoms with van der Waals surface area (Å²) in [5.41, 5.74) is 2.59. The third kappa shape index (κ3) is 3.92. The number of methoxy groups -OCH3 is 1. The van der Waals surface area contributed by atoms with Crippen molar-refractivity contribution in [1.29, 1.82) is 5.41 Å². The number of nitrogens with zero attached hydrogens (tertiary/aromatic N) is 2. The smallest absolute Gasteiger partial charge is 0.251 e. The average molecular weight is 423 g/mol. The number of hydrogen-bond donors (Lipinski definition) is 3. The van der Waals surface area contributed by atoms with Crippen molar-refractivity contribution in [3.05, 3.63) is 64.9 Å². The Morgan fingerprint density at radius 1 is 1.27 bits per heavy atom. The Hall–Kier alpha value is -3.23. The molecule has 0 saturated heterocycles. The number of thiazole rings is 1. The molecule has 0 radical (unpaired) electrons. The lowest BCUT2D eigenvalue weighted by molar-refractivity contribution is 0.0948. The number of rotatable bonds is 7. The molecule has 3 aromatic rings. The van der Waals surface area contributed by atoms with Crippen LogP contribution < -0.4 is 10.2 Å². The Morgan fingerprint density at radius 3 is 2.77 bits per heavy atom. The van der Waals surface area contributed by atoms with Crippen molar-refractivity contribution in [2.24, 2.45) is 0 Å². The van der Waals surface area contributed by atoms with E-state index >= 15 is 0 Å². The highest BCUT2D eigenvalue weighted by Crippen LogP contribution is 2.35. The fraction of sp³-hybridized carbons (Fsp3) is 0.227. The number of aliphatic hydroxyl groups is 1. The van der Waals surface area contributed by atoms with Crippen molar-refractivity contribution in [1.82, 2.24) is 10.3 Å². The van der Waals surface area contributed by atoms with Crippen LogP contribution in [0.15, 0.2) is 54.3 Å². The Labute approximate surface area is 178 Å². The highest BCUT2D eigenvalue weighted by atomic mass is 32.1. The maximum Gasteiger partial charge on any atom is 0.251 e. The number of ether oxygens (including phenoxy) is 1. The zero-order valence-corrected chi connectivity index (χ0v) is 17.3. The molecule has 2 aromatic carbocycles. The van der Waals surface area contributed by atoms with E-state index in [1.54, 1.807) is 36.3 Å². The molecule has 30 heavy (non-hydrogen) atoms. The van der Waals surface area contributed by atoms with E-state index in [9.17, 15) is 9.90 Å². The van der Waals surface area contributed by atoms with E-state index in [0.717, 1.165) is 22.3 Å². The van der Waals surface area contributed by atoms with E-state index in [1.807, 2.05) is 24.3 Å². The maximum absolute atomic E-state index is 12.2. The van der Waals surface area contributed by atoms with Crippen LogP contribution in [0.25, 0.3) is 15.8 Å². The minimum Gasteiger partial charge on any atom is -0.510 e. The Morgan fingerprint density at radius 2 is 2.03 bits per heavy atom. The zero-order valence-electron chi connectivity index (χ0n) is 16.5. The molecule has 1 aliphatic heterocycles. The molecule has 8 heteroatoms. The van der Waals surface area contributed by atoms with Gasteiger partial charge in [-0.3, -0.25) is 10.2 Å². The molecule has 0 aliphatic carbocycles. The summed E-state index contributed by atoms with van der Waals surface area (Å²) in [5.74, 6) is 0.174. The predicted octanol–water partition coefficient (Wildman–Crippen LogP) is 3.83. The van der Waals surface area contributed by atoms with Crippen molar-refractivity contribution < 1.29 is 14.6 Å². The predicted molar refractivity (Wildman–Crippen MR) is 120 cm³/mol. The van der Waals surface area contributed by atoms with Crippen molar-refractivity contribution in [2.75, 3.05) is 31.7 Å². The van der Waals surface area contributed by atoms with Crippen LogP contribution in [0, 0.1) is 5.41 Å². The number of benzene rings is 2. The molecule has 0 unspecified atom stereocenters. The summed E-state index contributed by atoms with van der Waals surface area (Å²) in [6, 6.07) is 14.8. The minimum absolute atomic E-state index is 0.124. The summed E-state index contributed by atoms with van der Waals surface area (Å²) < 4.78 is 5.99. The number of aliphatic hydroxyl groups excluding tert-OH is 1. The van der Waals surface area contributed by atoms with Gasteiger partial charge in [0.25, 0.3) is 5.91 Å². The first-order chi connectivity index (χ1) is 14.6. The van der Waals surface area contributed by atoms with Gasteiger partial charge >= 0.3 is 0 Å². The molecule has 0 bridgehead atoms. The molecular weight excluding hydrogens is 400 g/mol. The van der Waals surface area contributed by atoms with E-state index in [0.29, 0.717) is 29.3 Å². The molecule has 2 heterocycles. The van der Waals surface area contributed by atoms with Crippen LogP contribution in [0.2, 0.25) is 0 Å².